The van der Waals surface area contributed by atoms with Crippen LogP contribution in [-0.2, 0) is 0 Å². The minimum atomic E-state index is -0.473. The summed E-state index contributed by atoms with van der Waals surface area (Å²) >= 11 is 0. The Kier molecular flexibility index (Phi) is 8.04. The lowest BCUT2D eigenvalue weighted by Crippen LogP contribution is -2.50. The Morgan fingerprint density at radius 1 is 1.33 bits per heavy atom. The van der Waals surface area contributed by atoms with Gasteiger partial charge in [-0.2, -0.15) is 0 Å². The van der Waals surface area contributed by atoms with Gasteiger partial charge in [-0.3, -0.25) is 9.59 Å². The molecule has 1 aliphatic carbocycles. The van der Waals surface area contributed by atoms with Crippen molar-refractivity contribution in [2.24, 2.45) is 5.92 Å². The van der Waals surface area contributed by atoms with Gasteiger partial charge in [-0.1, -0.05) is 19.1 Å². The number of rotatable bonds is 6. The van der Waals surface area contributed by atoms with Crippen LogP contribution in [0.4, 0.5) is 4.39 Å². The summed E-state index contributed by atoms with van der Waals surface area (Å²) in [6, 6.07) is 7.04. The van der Waals surface area contributed by atoms with Crippen LogP contribution in [0, 0.1) is 11.7 Å². The highest BCUT2D eigenvalue weighted by Crippen LogP contribution is 2.32. The van der Waals surface area contributed by atoms with Gasteiger partial charge in [-0.05, 0) is 68.0 Å². The average Bonchev–Trinajstić information content (AvgIpc) is 2.90. The molecule has 1 aromatic heterocycles. The Morgan fingerprint density at radius 3 is 2.83 bits per heavy atom. The maximum Gasteiger partial charge on any atom is 0.259 e. The van der Waals surface area contributed by atoms with Crippen molar-refractivity contribution < 1.29 is 23.8 Å². The lowest BCUT2D eigenvalue weighted by molar-refractivity contribution is 0.0313. The van der Waals surface area contributed by atoms with Gasteiger partial charge in [0.25, 0.3) is 11.8 Å². The van der Waals surface area contributed by atoms with Crippen LogP contribution in [0.3, 0.4) is 0 Å². The maximum absolute atomic E-state index is 13.7. The van der Waals surface area contributed by atoms with Crippen LogP contribution >= 0.6 is 0 Å². The number of aliphatic hydroxyl groups excluding tert-OH is 1. The number of benzene rings is 1. The van der Waals surface area contributed by atoms with Crippen LogP contribution in [0.2, 0.25) is 0 Å². The van der Waals surface area contributed by atoms with Crippen LogP contribution in [0.15, 0.2) is 42.6 Å². The lowest BCUT2D eigenvalue weighted by atomic mass is 9.93. The molecule has 7 nitrogen and oxygen atoms in total. The van der Waals surface area contributed by atoms with Crippen LogP contribution in [-0.4, -0.2) is 70.6 Å². The molecule has 0 saturated carbocycles. The standard InChI is InChI=1S/C28H34FN3O4/c1-18-15-32(19(2)17-33)28(35)24-13-22(20-8-5-4-6-9-20)14-30-26(24)36-25(18)16-31(3)27(34)21-10-7-11-23(29)12-21/h7-8,10-14,18-19,25,33H,4-6,9,15-17H2,1-3H3/t18-,19+,25+/m0/s1. The number of fused-ring (bicyclic) bond motifs is 1. The fourth-order valence-electron chi connectivity index (χ4n) is 4.79. The van der Waals surface area contributed by atoms with Gasteiger partial charge in [0.1, 0.15) is 17.5 Å². The Labute approximate surface area is 211 Å². The van der Waals surface area contributed by atoms with Crippen LogP contribution in [0.1, 0.15) is 65.8 Å². The number of carbonyl (C=O) groups excluding carboxylic acids is 2. The summed E-state index contributed by atoms with van der Waals surface area (Å²) in [4.78, 5) is 34.3. The minimum absolute atomic E-state index is 0.165. The van der Waals surface area contributed by atoms with E-state index in [1.54, 1.807) is 24.2 Å². The Morgan fingerprint density at radius 2 is 2.14 bits per heavy atom. The molecule has 0 fully saturated rings. The first kappa shape index (κ1) is 25.8. The minimum Gasteiger partial charge on any atom is -0.472 e. The molecule has 0 spiro atoms. The number of amides is 2. The summed E-state index contributed by atoms with van der Waals surface area (Å²) in [7, 11) is 1.65. The Bertz CT molecular complexity index is 1150. The Hall–Kier alpha value is -3.26. The number of pyridine rings is 1. The van der Waals surface area contributed by atoms with Gasteiger partial charge in [-0.15, -0.1) is 0 Å². The molecule has 1 N–H and O–H groups in total. The molecular weight excluding hydrogens is 461 g/mol. The van der Waals surface area contributed by atoms with E-state index in [0.29, 0.717) is 12.1 Å². The molecule has 4 rings (SSSR count). The third-order valence-corrected chi connectivity index (χ3v) is 7.05. The smallest absolute Gasteiger partial charge is 0.259 e. The summed E-state index contributed by atoms with van der Waals surface area (Å²) in [5.74, 6) is -0.970. The molecule has 192 valence electrons. The van der Waals surface area contributed by atoms with Gasteiger partial charge in [0.15, 0.2) is 0 Å². The predicted octanol–water partition coefficient (Wildman–Crippen LogP) is 4.17. The van der Waals surface area contributed by atoms with Crippen molar-refractivity contribution in [1.82, 2.24) is 14.8 Å². The fraction of sp³-hybridized carbons (Fsp3) is 0.464. The second-order valence-corrected chi connectivity index (χ2v) is 9.87. The number of carbonyl (C=O) groups is 2. The van der Waals surface area contributed by atoms with E-state index in [1.807, 2.05) is 19.9 Å². The van der Waals surface area contributed by atoms with E-state index >= 15 is 0 Å². The summed E-state index contributed by atoms with van der Waals surface area (Å²) < 4.78 is 20.0. The summed E-state index contributed by atoms with van der Waals surface area (Å²) in [6.07, 6.45) is 7.69. The van der Waals surface area contributed by atoms with Crippen molar-refractivity contribution >= 4 is 17.4 Å². The molecule has 2 heterocycles. The molecule has 2 aliphatic rings. The van der Waals surface area contributed by atoms with Crippen molar-refractivity contribution in [2.75, 3.05) is 26.7 Å². The highest BCUT2D eigenvalue weighted by atomic mass is 19.1. The summed E-state index contributed by atoms with van der Waals surface area (Å²) in [6.45, 7) is 4.15. The zero-order valence-corrected chi connectivity index (χ0v) is 21.1. The number of halogens is 1. The van der Waals surface area contributed by atoms with Gasteiger partial charge in [0, 0.05) is 31.3 Å². The molecule has 36 heavy (non-hydrogen) atoms. The van der Waals surface area contributed by atoms with Gasteiger partial charge in [0.05, 0.1) is 19.2 Å². The number of aromatic nitrogens is 1. The van der Waals surface area contributed by atoms with Crippen LogP contribution in [0.25, 0.3) is 5.57 Å². The second kappa shape index (κ2) is 11.2. The second-order valence-electron chi connectivity index (χ2n) is 9.87. The number of aliphatic hydroxyl groups is 1. The third-order valence-electron chi connectivity index (χ3n) is 7.05. The largest absolute Gasteiger partial charge is 0.472 e. The lowest BCUT2D eigenvalue weighted by Gasteiger charge is -2.37. The third kappa shape index (κ3) is 5.59. The van der Waals surface area contributed by atoms with E-state index in [0.717, 1.165) is 31.2 Å². The quantitative estimate of drug-likeness (QED) is 0.651. The number of likely N-dealkylation sites (N-methyl/N-ethyl adjacent to an activating group) is 1. The molecule has 0 unspecified atom stereocenters. The van der Waals surface area contributed by atoms with Gasteiger partial charge < -0.3 is 19.6 Å². The normalized spacial score (nSPS) is 21.0. The molecule has 0 radical (unpaired) electrons. The monoisotopic (exact) mass is 495 g/mol. The van der Waals surface area contributed by atoms with E-state index in [2.05, 4.69) is 11.1 Å². The van der Waals surface area contributed by atoms with Crippen LogP contribution < -0.4 is 4.74 Å². The molecule has 2 aromatic rings. The first-order valence-electron chi connectivity index (χ1n) is 12.6. The summed E-state index contributed by atoms with van der Waals surface area (Å²) in [5.41, 5.74) is 2.70. The van der Waals surface area contributed by atoms with Crippen molar-refractivity contribution in [1.29, 1.82) is 0 Å². The zero-order chi connectivity index (χ0) is 25.8. The van der Waals surface area contributed by atoms with Gasteiger partial charge in [0.2, 0.25) is 5.88 Å². The molecule has 3 atom stereocenters. The molecule has 0 saturated heterocycles. The maximum atomic E-state index is 13.7. The molecule has 2 amide bonds. The number of hydrogen-bond donors (Lipinski definition) is 1. The molecule has 8 heteroatoms. The highest BCUT2D eigenvalue weighted by molar-refractivity contribution is 5.97. The van der Waals surface area contributed by atoms with E-state index in [4.69, 9.17) is 4.74 Å². The highest BCUT2D eigenvalue weighted by Gasteiger charge is 2.35. The van der Waals surface area contributed by atoms with Gasteiger partial charge >= 0.3 is 0 Å². The molecule has 1 aliphatic heterocycles. The van der Waals surface area contributed by atoms with Crippen molar-refractivity contribution in [3.63, 3.8) is 0 Å². The first-order valence-corrected chi connectivity index (χ1v) is 12.6. The predicted molar refractivity (Wildman–Crippen MR) is 135 cm³/mol. The summed E-state index contributed by atoms with van der Waals surface area (Å²) in [5, 5.41) is 9.86. The van der Waals surface area contributed by atoms with E-state index in [9.17, 15) is 19.1 Å². The number of allylic oxidation sites excluding steroid dienone is 2. The number of nitrogens with zero attached hydrogens (tertiary/aromatic N) is 3. The van der Waals surface area contributed by atoms with Gasteiger partial charge in [-0.25, -0.2) is 9.37 Å². The fourth-order valence-corrected chi connectivity index (χ4v) is 4.79. The molecule has 0 bridgehead atoms. The van der Waals surface area contributed by atoms with Crippen molar-refractivity contribution in [2.45, 2.75) is 51.7 Å². The van der Waals surface area contributed by atoms with Crippen LogP contribution in [0.5, 0.6) is 5.88 Å². The number of ether oxygens (including phenoxy) is 1. The van der Waals surface area contributed by atoms with Crippen molar-refractivity contribution in [3.8, 4) is 5.88 Å². The van der Waals surface area contributed by atoms with Crippen molar-refractivity contribution in [3.05, 3.63) is 65.1 Å². The average molecular weight is 496 g/mol. The first-order chi connectivity index (χ1) is 17.3. The number of hydrogen-bond acceptors (Lipinski definition) is 5. The van der Waals surface area contributed by atoms with E-state index < -0.39 is 18.0 Å². The SMILES string of the molecule is C[C@H](CO)N1C[C@H](C)[C@@H](CN(C)C(=O)c2cccc(F)c2)Oc2ncc(C3=CCCCC3)cc2C1=O. The molecular formula is C28H34FN3O4. The van der Waals surface area contributed by atoms with E-state index in [-0.39, 0.29) is 42.3 Å². The topological polar surface area (TPSA) is 83.0 Å². The Balaban J connectivity index is 1.65. The zero-order valence-electron chi connectivity index (χ0n) is 21.1. The molecule has 1 aromatic carbocycles. The van der Waals surface area contributed by atoms with E-state index in [1.165, 1.54) is 28.7 Å².